The number of hydrogen-bond acceptors (Lipinski definition) is 5. The molecule has 3 heterocycles. The average molecular weight is 356 g/mol. The van der Waals surface area contributed by atoms with Crippen molar-refractivity contribution in [2.75, 3.05) is 18.1 Å². The van der Waals surface area contributed by atoms with Crippen LogP contribution in [0.15, 0.2) is 67.1 Å². The molecule has 27 heavy (non-hydrogen) atoms. The van der Waals surface area contributed by atoms with Gasteiger partial charge < -0.3 is 9.64 Å². The largest absolute Gasteiger partial charge is 0.491 e. The Morgan fingerprint density at radius 3 is 2.81 bits per heavy atom. The van der Waals surface area contributed by atoms with E-state index in [1.807, 2.05) is 24.3 Å². The highest BCUT2D eigenvalue weighted by Crippen LogP contribution is 2.30. The molecule has 1 fully saturated rings. The Balaban J connectivity index is 1.42. The van der Waals surface area contributed by atoms with E-state index in [4.69, 9.17) is 4.74 Å². The summed E-state index contributed by atoms with van der Waals surface area (Å²) in [6, 6.07) is 18.8. The predicted molar refractivity (Wildman–Crippen MR) is 107 cm³/mol. The van der Waals surface area contributed by atoms with Crippen molar-refractivity contribution < 1.29 is 4.74 Å². The van der Waals surface area contributed by atoms with Gasteiger partial charge in [-0.1, -0.05) is 36.4 Å². The van der Waals surface area contributed by atoms with E-state index in [1.54, 1.807) is 12.5 Å². The molecule has 4 aromatic rings. The van der Waals surface area contributed by atoms with E-state index >= 15 is 0 Å². The Kier molecular flexibility index (Phi) is 4.05. The van der Waals surface area contributed by atoms with Crippen LogP contribution in [0.2, 0.25) is 0 Å². The van der Waals surface area contributed by atoms with Crippen LogP contribution in [0.3, 0.4) is 0 Å². The van der Waals surface area contributed by atoms with E-state index in [1.165, 1.54) is 5.39 Å². The van der Waals surface area contributed by atoms with E-state index in [0.717, 1.165) is 47.4 Å². The first-order chi connectivity index (χ1) is 13.4. The predicted octanol–water partition coefficient (Wildman–Crippen LogP) is 4.23. The summed E-state index contributed by atoms with van der Waals surface area (Å²) >= 11 is 0. The zero-order chi connectivity index (χ0) is 18.1. The van der Waals surface area contributed by atoms with Crippen LogP contribution < -0.4 is 9.64 Å². The van der Waals surface area contributed by atoms with Gasteiger partial charge in [0.25, 0.3) is 0 Å². The fourth-order valence-corrected chi connectivity index (χ4v) is 3.91. The molecule has 1 atom stereocenters. The van der Waals surface area contributed by atoms with E-state index < -0.39 is 0 Å². The minimum absolute atomic E-state index is 0.294. The molecule has 5 rings (SSSR count). The maximum absolute atomic E-state index is 6.27. The van der Waals surface area contributed by atoms with Gasteiger partial charge in [0, 0.05) is 18.1 Å². The normalized spacial score (nSPS) is 16.9. The van der Waals surface area contributed by atoms with Gasteiger partial charge in [-0.05, 0) is 36.4 Å². The maximum atomic E-state index is 6.27. The lowest BCUT2D eigenvalue weighted by Gasteiger charge is -2.26. The third-order valence-electron chi connectivity index (χ3n) is 5.22. The number of nitrogens with zero attached hydrogens (tertiary/aromatic N) is 4. The lowest BCUT2D eigenvalue weighted by molar-refractivity contribution is 0.291. The molecule has 0 amide bonds. The first-order valence-electron chi connectivity index (χ1n) is 9.33. The molecule has 0 bridgehead atoms. The van der Waals surface area contributed by atoms with Gasteiger partial charge >= 0.3 is 0 Å². The summed E-state index contributed by atoms with van der Waals surface area (Å²) in [6.07, 6.45) is 5.60. The highest BCUT2D eigenvalue weighted by atomic mass is 16.5. The summed E-state index contributed by atoms with van der Waals surface area (Å²) in [5.74, 6) is 1.89. The number of hydrogen-bond donors (Lipinski definition) is 0. The molecule has 0 N–H and O–H groups in total. The smallest absolute Gasteiger partial charge is 0.164 e. The molecule has 5 nitrogen and oxygen atoms in total. The minimum atomic E-state index is 0.294. The van der Waals surface area contributed by atoms with Gasteiger partial charge in [-0.2, -0.15) is 0 Å². The van der Waals surface area contributed by atoms with Gasteiger partial charge in [-0.25, -0.2) is 15.0 Å². The summed E-state index contributed by atoms with van der Waals surface area (Å²) < 4.78 is 6.27. The first-order valence-corrected chi connectivity index (χ1v) is 9.33. The summed E-state index contributed by atoms with van der Waals surface area (Å²) in [5, 5.41) is 3.35. The second-order valence-corrected chi connectivity index (χ2v) is 6.85. The van der Waals surface area contributed by atoms with Crippen LogP contribution in [0.5, 0.6) is 5.75 Å². The highest BCUT2D eigenvalue weighted by molar-refractivity contribution is 5.88. The topological polar surface area (TPSA) is 51.1 Å². The number of anilines is 1. The van der Waals surface area contributed by atoms with Crippen molar-refractivity contribution in [1.82, 2.24) is 15.0 Å². The Bertz CT molecular complexity index is 1090. The standard InChI is InChI=1S/C22H20N4O/c1-2-9-18-16(6-1)7-3-11-20(18)27-14-17-8-5-13-26(17)22-19-10-4-12-23-21(19)24-15-25-22/h1-4,6-7,9-12,15,17H,5,8,13-14H2/t17-/m1/s1. The zero-order valence-electron chi connectivity index (χ0n) is 15.0. The second kappa shape index (κ2) is 6.83. The van der Waals surface area contributed by atoms with Crippen molar-refractivity contribution in [3.05, 3.63) is 67.1 Å². The van der Waals surface area contributed by atoms with Crippen molar-refractivity contribution in [3.8, 4) is 5.75 Å². The number of rotatable bonds is 4. The molecule has 0 spiro atoms. The van der Waals surface area contributed by atoms with Crippen molar-refractivity contribution in [3.63, 3.8) is 0 Å². The monoisotopic (exact) mass is 356 g/mol. The molecular formula is C22H20N4O. The number of ether oxygens (including phenoxy) is 1. The van der Waals surface area contributed by atoms with E-state index in [9.17, 15) is 0 Å². The number of aromatic nitrogens is 3. The Labute approximate surface area is 157 Å². The number of pyridine rings is 1. The Hall–Kier alpha value is -3.21. The van der Waals surface area contributed by atoms with Crippen LogP contribution in [-0.2, 0) is 0 Å². The second-order valence-electron chi connectivity index (χ2n) is 6.85. The van der Waals surface area contributed by atoms with Crippen LogP contribution in [-0.4, -0.2) is 34.1 Å². The van der Waals surface area contributed by atoms with Gasteiger partial charge in [0.2, 0.25) is 0 Å². The van der Waals surface area contributed by atoms with Gasteiger partial charge in [0.05, 0.1) is 11.4 Å². The van der Waals surface area contributed by atoms with Crippen LogP contribution >= 0.6 is 0 Å². The molecule has 1 aliphatic heterocycles. The van der Waals surface area contributed by atoms with Crippen LogP contribution in [0.4, 0.5) is 5.82 Å². The molecule has 5 heteroatoms. The summed E-state index contributed by atoms with van der Waals surface area (Å²) in [4.78, 5) is 15.6. The SMILES string of the molecule is c1ccc2c(OC[C@H]3CCCN3c3ncnc4ncccc34)cccc2c1. The number of fused-ring (bicyclic) bond motifs is 2. The zero-order valence-corrected chi connectivity index (χ0v) is 15.0. The Morgan fingerprint density at radius 2 is 1.81 bits per heavy atom. The fraction of sp³-hybridized carbons (Fsp3) is 0.227. The van der Waals surface area contributed by atoms with Crippen molar-refractivity contribution in [1.29, 1.82) is 0 Å². The Morgan fingerprint density at radius 1 is 0.926 bits per heavy atom. The summed E-state index contributed by atoms with van der Waals surface area (Å²) in [7, 11) is 0. The van der Waals surface area contributed by atoms with Crippen LogP contribution in [0.1, 0.15) is 12.8 Å². The maximum Gasteiger partial charge on any atom is 0.164 e. The molecule has 2 aromatic heterocycles. The van der Waals surface area contributed by atoms with Crippen LogP contribution in [0.25, 0.3) is 21.8 Å². The number of benzene rings is 2. The van der Waals surface area contributed by atoms with E-state index in [0.29, 0.717) is 12.6 Å². The van der Waals surface area contributed by atoms with Crippen LogP contribution in [0, 0.1) is 0 Å². The molecule has 0 unspecified atom stereocenters. The van der Waals surface area contributed by atoms with Gasteiger partial charge in [0.1, 0.15) is 24.5 Å². The van der Waals surface area contributed by atoms with Crippen molar-refractivity contribution in [2.24, 2.45) is 0 Å². The molecule has 0 aliphatic carbocycles. The molecule has 1 aliphatic rings. The minimum Gasteiger partial charge on any atom is -0.491 e. The van der Waals surface area contributed by atoms with E-state index in [2.05, 4.69) is 50.2 Å². The lowest BCUT2D eigenvalue weighted by atomic mass is 10.1. The fourth-order valence-electron chi connectivity index (χ4n) is 3.91. The summed E-state index contributed by atoms with van der Waals surface area (Å²) in [6.45, 7) is 1.62. The quantitative estimate of drug-likeness (QED) is 0.548. The summed E-state index contributed by atoms with van der Waals surface area (Å²) in [5.41, 5.74) is 0.739. The molecule has 0 saturated carbocycles. The third kappa shape index (κ3) is 2.95. The molecule has 134 valence electrons. The molecular weight excluding hydrogens is 336 g/mol. The molecule has 2 aromatic carbocycles. The van der Waals surface area contributed by atoms with Gasteiger partial charge in [-0.3, -0.25) is 0 Å². The van der Waals surface area contributed by atoms with Crippen molar-refractivity contribution in [2.45, 2.75) is 18.9 Å². The van der Waals surface area contributed by atoms with E-state index in [-0.39, 0.29) is 0 Å². The molecule has 0 radical (unpaired) electrons. The highest BCUT2D eigenvalue weighted by Gasteiger charge is 2.28. The van der Waals surface area contributed by atoms with Gasteiger partial charge in [-0.15, -0.1) is 0 Å². The van der Waals surface area contributed by atoms with Crippen molar-refractivity contribution >= 4 is 27.6 Å². The molecule has 1 saturated heterocycles. The van der Waals surface area contributed by atoms with Gasteiger partial charge in [0.15, 0.2) is 5.65 Å². The lowest BCUT2D eigenvalue weighted by Crippen LogP contribution is -2.35. The first kappa shape index (κ1) is 16.0. The third-order valence-corrected chi connectivity index (χ3v) is 5.22. The average Bonchev–Trinajstić information content (AvgIpc) is 3.20.